The Balaban J connectivity index is 0.000000720. The van der Waals surface area contributed by atoms with E-state index in [0.29, 0.717) is 0 Å². The molecule has 0 atom stereocenters. The van der Waals surface area contributed by atoms with Gasteiger partial charge in [0.25, 0.3) is 0 Å². The van der Waals surface area contributed by atoms with Crippen LogP contribution in [0.5, 0.6) is 0 Å². The number of para-hydroxylation sites is 1. The van der Waals surface area contributed by atoms with Crippen molar-refractivity contribution in [1.29, 1.82) is 0 Å². The second kappa shape index (κ2) is 4.19. The van der Waals surface area contributed by atoms with E-state index in [1.807, 2.05) is 47.3 Å². The van der Waals surface area contributed by atoms with Gasteiger partial charge in [-0.2, -0.15) is 5.10 Å². The molecule has 0 fully saturated rings. The maximum Gasteiger partial charge on any atom is 3.00 e. The molecule has 1 aromatic carbocycles. The minimum Gasteiger partial charge on any atom is -0.241 e. The van der Waals surface area contributed by atoms with Crippen molar-refractivity contribution in [2.45, 2.75) is 0 Å². The Morgan fingerprint density at radius 1 is 1.00 bits per heavy atom. The van der Waals surface area contributed by atoms with Crippen LogP contribution >= 0.6 is 0 Å². The maximum atomic E-state index is 4.10. The molecule has 1 aromatic heterocycles. The molecule has 0 unspecified atom stereocenters. The van der Waals surface area contributed by atoms with E-state index >= 15 is 0 Å². The van der Waals surface area contributed by atoms with Crippen LogP contribution in [-0.4, -0.2) is 9.78 Å². The standard InChI is InChI=1S/C9H8N2.Ir/c1-2-5-9(6-3-1)11-8-4-7-10-11;/h1-8H;/q;+3. The van der Waals surface area contributed by atoms with Crippen LogP contribution in [-0.2, 0) is 20.1 Å². The molecule has 0 bridgehead atoms. The van der Waals surface area contributed by atoms with Crippen LogP contribution in [0.4, 0.5) is 0 Å². The maximum absolute atomic E-state index is 4.10. The number of nitrogens with zero attached hydrogens (tertiary/aromatic N) is 2. The van der Waals surface area contributed by atoms with Crippen LogP contribution in [0.25, 0.3) is 5.69 Å². The van der Waals surface area contributed by atoms with Gasteiger partial charge in [0.1, 0.15) is 0 Å². The first-order valence-corrected chi connectivity index (χ1v) is 3.52. The summed E-state index contributed by atoms with van der Waals surface area (Å²) >= 11 is 0. The van der Waals surface area contributed by atoms with Gasteiger partial charge in [-0.25, -0.2) is 4.68 Å². The van der Waals surface area contributed by atoms with E-state index in [2.05, 4.69) is 5.10 Å². The summed E-state index contributed by atoms with van der Waals surface area (Å²) in [7, 11) is 0. The van der Waals surface area contributed by atoms with Crippen LogP contribution in [0.2, 0.25) is 0 Å². The summed E-state index contributed by atoms with van der Waals surface area (Å²) < 4.78 is 1.83. The van der Waals surface area contributed by atoms with E-state index < -0.39 is 0 Å². The number of hydrogen-bond acceptors (Lipinski definition) is 1. The topological polar surface area (TPSA) is 17.8 Å². The summed E-state index contributed by atoms with van der Waals surface area (Å²) in [6.07, 6.45) is 3.70. The van der Waals surface area contributed by atoms with Crippen LogP contribution in [0.1, 0.15) is 0 Å². The van der Waals surface area contributed by atoms with Gasteiger partial charge in [0.15, 0.2) is 0 Å². The Bertz CT molecular complexity index is 316. The Morgan fingerprint density at radius 2 is 1.75 bits per heavy atom. The molecule has 0 N–H and O–H groups in total. The normalized spacial score (nSPS) is 9.00. The Kier molecular flexibility index (Phi) is 3.20. The van der Waals surface area contributed by atoms with Crippen LogP contribution in [0.3, 0.4) is 0 Å². The Morgan fingerprint density at radius 3 is 2.33 bits per heavy atom. The Labute approximate surface area is 84.6 Å². The molecular formula is C9H8IrN2+3. The quantitative estimate of drug-likeness (QED) is 0.777. The molecule has 60 valence electrons. The molecule has 0 radical (unpaired) electrons. The van der Waals surface area contributed by atoms with Crippen LogP contribution in [0.15, 0.2) is 48.8 Å². The minimum atomic E-state index is 0. The van der Waals surface area contributed by atoms with Crippen molar-refractivity contribution in [3.63, 3.8) is 0 Å². The zero-order valence-electron chi connectivity index (χ0n) is 6.35. The Hall–Kier alpha value is -0.921. The molecule has 0 aliphatic heterocycles. The van der Waals surface area contributed by atoms with E-state index in [0.717, 1.165) is 5.69 Å². The predicted octanol–water partition coefficient (Wildman–Crippen LogP) is 1.87. The van der Waals surface area contributed by atoms with E-state index in [9.17, 15) is 0 Å². The molecule has 2 rings (SSSR count). The number of benzene rings is 1. The molecule has 0 amide bonds. The van der Waals surface area contributed by atoms with Gasteiger partial charge in [-0.15, -0.1) is 0 Å². The second-order valence-electron chi connectivity index (χ2n) is 2.29. The van der Waals surface area contributed by atoms with Gasteiger partial charge in [-0.1, -0.05) is 18.2 Å². The molecule has 0 aliphatic rings. The predicted molar refractivity (Wildman–Crippen MR) is 43.6 cm³/mol. The molecule has 0 spiro atoms. The van der Waals surface area contributed by atoms with Crippen molar-refractivity contribution in [2.24, 2.45) is 0 Å². The average Bonchev–Trinajstić information content (AvgIpc) is 2.58. The summed E-state index contributed by atoms with van der Waals surface area (Å²) in [5.74, 6) is 0. The van der Waals surface area contributed by atoms with Gasteiger partial charge in [0, 0.05) is 12.4 Å². The van der Waals surface area contributed by atoms with Gasteiger partial charge in [-0.05, 0) is 18.2 Å². The first-order chi connectivity index (χ1) is 5.47. The first-order valence-electron chi connectivity index (χ1n) is 3.52. The summed E-state index contributed by atoms with van der Waals surface area (Å²) in [5, 5.41) is 4.10. The summed E-state index contributed by atoms with van der Waals surface area (Å²) in [4.78, 5) is 0. The fraction of sp³-hybridized carbons (Fsp3) is 0. The van der Waals surface area contributed by atoms with Crippen molar-refractivity contribution < 1.29 is 20.1 Å². The zero-order valence-corrected chi connectivity index (χ0v) is 8.74. The van der Waals surface area contributed by atoms with Crippen molar-refractivity contribution in [2.75, 3.05) is 0 Å². The largest absolute Gasteiger partial charge is 3.00 e. The number of hydrogen-bond donors (Lipinski definition) is 0. The molecule has 12 heavy (non-hydrogen) atoms. The van der Waals surface area contributed by atoms with Crippen molar-refractivity contribution in [1.82, 2.24) is 9.78 Å². The van der Waals surface area contributed by atoms with Crippen LogP contribution < -0.4 is 0 Å². The summed E-state index contributed by atoms with van der Waals surface area (Å²) in [5.41, 5.74) is 1.09. The van der Waals surface area contributed by atoms with E-state index in [1.165, 1.54) is 0 Å². The number of rotatable bonds is 1. The van der Waals surface area contributed by atoms with Gasteiger partial charge < -0.3 is 0 Å². The summed E-state index contributed by atoms with van der Waals surface area (Å²) in [6.45, 7) is 0. The summed E-state index contributed by atoms with van der Waals surface area (Å²) in [6, 6.07) is 11.9. The molecule has 3 heteroatoms. The number of aromatic nitrogens is 2. The molecule has 2 aromatic rings. The van der Waals surface area contributed by atoms with E-state index in [1.54, 1.807) is 6.20 Å². The van der Waals surface area contributed by atoms with E-state index in [4.69, 9.17) is 0 Å². The minimum absolute atomic E-state index is 0. The molecule has 0 saturated carbocycles. The molecule has 0 saturated heterocycles. The SMILES string of the molecule is [Ir+3].c1ccc(-n2cccn2)cc1. The second-order valence-corrected chi connectivity index (χ2v) is 2.29. The van der Waals surface area contributed by atoms with Gasteiger partial charge in [0.05, 0.1) is 5.69 Å². The third-order valence-corrected chi connectivity index (χ3v) is 1.53. The molecule has 2 nitrogen and oxygen atoms in total. The fourth-order valence-corrected chi connectivity index (χ4v) is 1.00. The van der Waals surface area contributed by atoms with Gasteiger partial charge in [0.2, 0.25) is 0 Å². The van der Waals surface area contributed by atoms with Crippen molar-refractivity contribution >= 4 is 0 Å². The fourth-order valence-electron chi connectivity index (χ4n) is 1.00. The van der Waals surface area contributed by atoms with Crippen molar-refractivity contribution in [3.8, 4) is 5.69 Å². The molecular weight excluding hydrogens is 328 g/mol. The monoisotopic (exact) mass is 337 g/mol. The smallest absolute Gasteiger partial charge is 0.241 e. The van der Waals surface area contributed by atoms with Gasteiger partial charge >= 0.3 is 20.1 Å². The van der Waals surface area contributed by atoms with Crippen LogP contribution in [0, 0.1) is 0 Å². The van der Waals surface area contributed by atoms with Crippen molar-refractivity contribution in [3.05, 3.63) is 48.8 Å². The average molecular weight is 336 g/mol. The first kappa shape index (κ1) is 9.17. The molecule has 1 heterocycles. The van der Waals surface area contributed by atoms with E-state index in [-0.39, 0.29) is 20.1 Å². The third-order valence-electron chi connectivity index (χ3n) is 1.53. The molecule has 0 aliphatic carbocycles. The van der Waals surface area contributed by atoms with Gasteiger partial charge in [-0.3, -0.25) is 0 Å². The third kappa shape index (κ3) is 1.81. The zero-order chi connectivity index (χ0) is 7.52.